The first-order valence-corrected chi connectivity index (χ1v) is 9.38. The molecule has 0 saturated carbocycles. The molecule has 30 heavy (non-hydrogen) atoms. The summed E-state index contributed by atoms with van der Waals surface area (Å²) < 4.78 is 15.9. The molecule has 2 aromatic rings. The highest BCUT2D eigenvalue weighted by Crippen LogP contribution is 2.31. The molecule has 1 unspecified atom stereocenters. The second-order valence-corrected chi connectivity index (χ2v) is 6.40. The van der Waals surface area contributed by atoms with E-state index in [2.05, 4.69) is 10.2 Å². The molecule has 0 radical (unpaired) electrons. The van der Waals surface area contributed by atoms with Crippen LogP contribution in [0.2, 0.25) is 0 Å². The number of nitrogens with one attached hydrogen (secondary N) is 1. The van der Waals surface area contributed by atoms with Gasteiger partial charge in [0.15, 0.2) is 17.6 Å². The van der Waals surface area contributed by atoms with Crippen LogP contribution in [0.25, 0.3) is 6.08 Å². The molecular formula is C22H22N2O6. The van der Waals surface area contributed by atoms with Crippen molar-refractivity contribution >= 4 is 29.5 Å². The fraction of sp³-hybridized carbons (Fsp3) is 0.227. The Labute approximate surface area is 174 Å². The number of amides is 2. The number of hydrazine groups is 1. The van der Waals surface area contributed by atoms with Crippen LogP contribution < -0.4 is 19.9 Å². The van der Waals surface area contributed by atoms with Gasteiger partial charge in [-0.2, -0.15) is 0 Å². The zero-order chi connectivity index (χ0) is 21.7. The van der Waals surface area contributed by atoms with Crippen molar-refractivity contribution in [2.75, 3.05) is 18.7 Å². The minimum absolute atomic E-state index is 0.00195. The van der Waals surface area contributed by atoms with Crippen LogP contribution in [0.4, 0.5) is 5.69 Å². The molecule has 0 aromatic heterocycles. The van der Waals surface area contributed by atoms with Crippen molar-refractivity contribution < 1.29 is 28.6 Å². The molecule has 2 aromatic carbocycles. The Hall–Kier alpha value is -3.81. The van der Waals surface area contributed by atoms with Gasteiger partial charge in [-0.25, -0.2) is 9.80 Å². The highest BCUT2D eigenvalue weighted by Gasteiger charge is 2.34. The third-order valence-electron chi connectivity index (χ3n) is 4.32. The van der Waals surface area contributed by atoms with Gasteiger partial charge in [-0.15, -0.1) is 0 Å². The number of rotatable bonds is 7. The Balaban J connectivity index is 1.87. The van der Waals surface area contributed by atoms with Gasteiger partial charge in [-0.05, 0) is 49.8 Å². The van der Waals surface area contributed by atoms with Crippen molar-refractivity contribution in [3.8, 4) is 11.5 Å². The van der Waals surface area contributed by atoms with Gasteiger partial charge in [0.25, 0.3) is 11.8 Å². The first-order chi connectivity index (χ1) is 14.4. The van der Waals surface area contributed by atoms with Crippen LogP contribution in [0.1, 0.15) is 19.4 Å². The van der Waals surface area contributed by atoms with Gasteiger partial charge in [0.05, 0.1) is 19.4 Å². The number of para-hydroxylation sites is 1. The van der Waals surface area contributed by atoms with Crippen molar-refractivity contribution in [1.82, 2.24) is 5.43 Å². The molecule has 8 heteroatoms. The van der Waals surface area contributed by atoms with Gasteiger partial charge in [-0.1, -0.05) is 24.3 Å². The van der Waals surface area contributed by atoms with Crippen molar-refractivity contribution in [1.29, 1.82) is 0 Å². The van der Waals surface area contributed by atoms with Crippen LogP contribution >= 0.6 is 0 Å². The Morgan fingerprint density at radius 2 is 1.87 bits per heavy atom. The lowest BCUT2D eigenvalue weighted by molar-refractivity contribution is -0.148. The van der Waals surface area contributed by atoms with E-state index in [9.17, 15) is 14.4 Å². The van der Waals surface area contributed by atoms with Crippen LogP contribution in [0, 0.1) is 0 Å². The molecule has 1 atom stereocenters. The average molecular weight is 410 g/mol. The van der Waals surface area contributed by atoms with Crippen molar-refractivity contribution in [3.63, 3.8) is 0 Å². The van der Waals surface area contributed by atoms with Crippen LogP contribution in [0.3, 0.4) is 0 Å². The Kier molecular flexibility index (Phi) is 6.36. The molecule has 0 spiro atoms. The van der Waals surface area contributed by atoms with E-state index in [0.717, 1.165) is 0 Å². The summed E-state index contributed by atoms with van der Waals surface area (Å²) in [4.78, 5) is 36.7. The topological polar surface area (TPSA) is 94.2 Å². The molecule has 156 valence electrons. The van der Waals surface area contributed by atoms with E-state index in [-0.39, 0.29) is 5.57 Å². The lowest BCUT2D eigenvalue weighted by Gasteiger charge is -2.16. The second kappa shape index (κ2) is 9.13. The van der Waals surface area contributed by atoms with E-state index < -0.39 is 23.9 Å². The third-order valence-corrected chi connectivity index (χ3v) is 4.32. The highest BCUT2D eigenvalue weighted by molar-refractivity contribution is 6.31. The maximum atomic E-state index is 12.7. The van der Waals surface area contributed by atoms with E-state index in [0.29, 0.717) is 29.4 Å². The first kappa shape index (κ1) is 20.9. The summed E-state index contributed by atoms with van der Waals surface area (Å²) in [5.74, 6) is -0.735. The standard InChI is InChI=1S/C22H22N2O6/c1-4-29-19-13-15(10-11-18(19)30-14(2)22(27)28-3)12-17-20(25)23-24(21(17)26)16-8-6-5-7-9-16/h5-14H,4H2,1-3H3,(H,23,25). The minimum Gasteiger partial charge on any atom is -0.490 e. The first-order valence-electron chi connectivity index (χ1n) is 9.38. The summed E-state index contributed by atoms with van der Waals surface area (Å²) in [5.41, 5.74) is 3.69. The fourth-order valence-electron chi connectivity index (χ4n) is 2.87. The molecule has 3 rings (SSSR count). The molecule has 0 bridgehead atoms. The SMILES string of the molecule is CCOc1cc(C=C2C(=O)NN(c3ccccc3)C2=O)ccc1OC(C)C(=O)OC. The van der Waals surface area contributed by atoms with Crippen LogP contribution in [0.5, 0.6) is 11.5 Å². The van der Waals surface area contributed by atoms with E-state index in [1.54, 1.807) is 49.4 Å². The van der Waals surface area contributed by atoms with Gasteiger partial charge in [-0.3, -0.25) is 15.0 Å². The molecule has 1 aliphatic rings. The lowest BCUT2D eigenvalue weighted by atomic mass is 10.1. The number of benzene rings is 2. The summed E-state index contributed by atoms with van der Waals surface area (Å²) in [6.45, 7) is 3.74. The smallest absolute Gasteiger partial charge is 0.346 e. The molecule has 0 aliphatic carbocycles. The maximum Gasteiger partial charge on any atom is 0.346 e. The summed E-state index contributed by atoms with van der Waals surface area (Å²) >= 11 is 0. The van der Waals surface area contributed by atoms with E-state index in [4.69, 9.17) is 9.47 Å². The van der Waals surface area contributed by atoms with Gasteiger partial charge >= 0.3 is 5.97 Å². The molecule has 1 fully saturated rings. The van der Waals surface area contributed by atoms with Crippen molar-refractivity contribution in [2.24, 2.45) is 0 Å². The molecule has 1 saturated heterocycles. The largest absolute Gasteiger partial charge is 0.490 e. The third kappa shape index (κ3) is 4.43. The predicted molar refractivity (Wildman–Crippen MR) is 110 cm³/mol. The Bertz CT molecular complexity index is 986. The lowest BCUT2D eigenvalue weighted by Crippen LogP contribution is -2.35. The summed E-state index contributed by atoms with van der Waals surface area (Å²) in [5, 5.41) is 1.20. The molecule has 1 aliphatic heterocycles. The number of esters is 1. The summed E-state index contributed by atoms with van der Waals surface area (Å²) in [7, 11) is 1.28. The predicted octanol–water partition coefficient (Wildman–Crippen LogP) is 2.49. The fourth-order valence-corrected chi connectivity index (χ4v) is 2.87. The monoisotopic (exact) mass is 410 g/mol. The van der Waals surface area contributed by atoms with Gasteiger partial charge in [0.2, 0.25) is 0 Å². The van der Waals surface area contributed by atoms with E-state index >= 15 is 0 Å². The summed E-state index contributed by atoms with van der Waals surface area (Å²) in [6, 6.07) is 13.7. The van der Waals surface area contributed by atoms with Crippen molar-refractivity contribution in [2.45, 2.75) is 20.0 Å². The number of carbonyl (C=O) groups excluding carboxylic acids is 3. The second-order valence-electron chi connectivity index (χ2n) is 6.40. The van der Waals surface area contributed by atoms with Crippen LogP contribution in [0.15, 0.2) is 54.1 Å². The van der Waals surface area contributed by atoms with E-state index in [1.165, 1.54) is 18.2 Å². The van der Waals surface area contributed by atoms with E-state index in [1.807, 2.05) is 13.0 Å². The molecule has 1 heterocycles. The molecule has 1 N–H and O–H groups in total. The van der Waals surface area contributed by atoms with Gasteiger partial charge < -0.3 is 14.2 Å². The van der Waals surface area contributed by atoms with Crippen molar-refractivity contribution in [3.05, 3.63) is 59.7 Å². The number of hydrogen-bond acceptors (Lipinski definition) is 6. The number of ether oxygens (including phenoxy) is 3. The summed E-state index contributed by atoms with van der Waals surface area (Å²) in [6.07, 6.45) is 0.663. The Morgan fingerprint density at radius 1 is 1.13 bits per heavy atom. The highest BCUT2D eigenvalue weighted by atomic mass is 16.6. The van der Waals surface area contributed by atoms with Gasteiger partial charge in [0, 0.05) is 0 Å². The number of methoxy groups -OCH3 is 1. The average Bonchev–Trinajstić information content (AvgIpc) is 3.04. The maximum absolute atomic E-state index is 12.7. The molecule has 2 amide bonds. The quantitative estimate of drug-likeness (QED) is 0.428. The number of hydrogen-bond donors (Lipinski definition) is 1. The Morgan fingerprint density at radius 3 is 2.53 bits per heavy atom. The number of carbonyl (C=O) groups is 3. The molecular weight excluding hydrogens is 388 g/mol. The zero-order valence-corrected chi connectivity index (χ0v) is 16.9. The van der Waals surface area contributed by atoms with Crippen LogP contribution in [-0.2, 0) is 19.1 Å². The zero-order valence-electron chi connectivity index (χ0n) is 16.9. The number of anilines is 1. The van der Waals surface area contributed by atoms with Crippen LogP contribution in [-0.4, -0.2) is 37.6 Å². The molecule has 8 nitrogen and oxygen atoms in total. The van der Waals surface area contributed by atoms with Gasteiger partial charge in [0.1, 0.15) is 5.57 Å². The number of nitrogens with zero attached hydrogens (tertiary/aromatic N) is 1. The normalized spacial score (nSPS) is 15.7. The minimum atomic E-state index is -0.819.